The predicted octanol–water partition coefficient (Wildman–Crippen LogP) is 1.60. The molecule has 0 aliphatic heterocycles. The molecule has 1 aromatic carbocycles. The maximum Gasteiger partial charge on any atom is 0.0719 e. The van der Waals surface area contributed by atoms with Crippen LogP contribution in [0.2, 0.25) is 0 Å². The van der Waals surface area contributed by atoms with Gasteiger partial charge >= 0.3 is 0 Å². The van der Waals surface area contributed by atoms with Gasteiger partial charge in [-0.15, -0.1) is 0 Å². The van der Waals surface area contributed by atoms with E-state index in [2.05, 4.69) is 28.0 Å². The summed E-state index contributed by atoms with van der Waals surface area (Å²) in [6, 6.07) is 8.25. The molecule has 0 bridgehead atoms. The Labute approximate surface area is 76.5 Å². The van der Waals surface area contributed by atoms with Gasteiger partial charge < -0.3 is 9.82 Å². The van der Waals surface area contributed by atoms with Crippen LogP contribution in [-0.4, -0.2) is 11.6 Å². The fraction of sp³-hybridized carbons (Fsp3) is 0.200. The number of hydrogen-bond acceptors (Lipinski definition) is 2. The lowest BCUT2D eigenvalue weighted by Gasteiger charge is -2.01. The normalized spacial score (nSPS) is 10.8. The molecule has 0 amide bonds. The number of nitrogens with two attached hydrogens (primary N) is 1. The first-order valence-corrected chi connectivity index (χ1v) is 4.28. The van der Waals surface area contributed by atoms with Crippen LogP contribution in [0, 0.1) is 0 Å². The van der Waals surface area contributed by atoms with Crippen LogP contribution in [0.3, 0.4) is 0 Å². The average Bonchev–Trinajstić information content (AvgIpc) is 2.62. The SMILES string of the molecule is NOCCc1cccc2[nH]ccc12. The van der Waals surface area contributed by atoms with Gasteiger partial charge in [0.2, 0.25) is 0 Å². The molecular weight excluding hydrogens is 164 g/mol. The molecule has 0 atom stereocenters. The van der Waals surface area contributed by atoms with Crippen molar-refractivity contribution in [2.75, 3.05) is 6.61 Å². The average molecular weight is 176 g/mol. The van der Waals surface area contributed by atoms with Crippen LogP contribution in [0.4, 0.5) is 0 Å². The Morgan fingerprint density at radius 2 is 2.23 bits per heavy atom. The van der Waals surface area contributed by atoms with E-state index in [1.54, 1.807) is 0 Å². The van der Waals surface area contributed by atoms with Crippen LogP contribution < -0.4 is 5.90 Å². The second-order valence-electron chi connectivity index (χ2n) is 2.98. The molecule has 0 saturated carbocycles. The second-order valence-corrected chi connectivity index (χ2v) is 2.98. The van der Waals surface area contributed by atoms with Crippen LogP contribution >= 0.6 is 0 Å². The fourth-order valence-electron chi connectivity index (χ4n) is 1.54. The van der Waals surface area contributed by atoms with Crippen molar-refractivity contribution >= 4 is 10.9 Å². The van der Waals surface area contributed by atoms with Gasteiger partial charge in [0.25, 0.3) is 0 Å². The molecule has 0 aliphatic carbocycles. The number of H-pyrrole nitrogens is 1. The monoisotopic (exact) mass is 176 g/mol. The van der Waals surface area contributed by atoms with Gasteiger partial charge in [-0.3, -0.25) is 0 Å². The minimum Gasteiger partial charge on any atom is -0.361 e. The molecular formula is C10H12N2O. The van der Waals surface area contributed by atoms with E-state index in [-0.39, 0.29) is 0 Å². The summed E-state index contributed by atoms with van der Waals surface area (Å²) in [5.41, 5.74) is 2.43. The van der Waals surface area contributed by atoms with Crippen molar-refractivity contribution in [3.05, 3.63) is 36.0 Å². The lowest BCUT2D eigenvalue weighted by molar-refractivity contribution is 0.141. The molecule has 0 fully saturated rings. The minimum absolute atomic E-state index is 0.560. The Morgan fingerprint density at radius 1 is 1.31 bits per heavy atom. The molecule has 3 nitrogen and oxygen atoms in total. The van der Waals surface area contributed by atoms with Gasteiger partial charge in [0.15, 0.2) is 0 Å². The quantitative estimate of drug-likeness (QED) is 0.698. The Bertz CT molecular complexity index is 394. The molecule has 0 radical (unpaired) electrons. The third kappa shape index (κ3) is 1.56. The van der Waals surface area contributed by atoms with Gasteiger partial charge in [-0.25, -0.2) is 5.90 Å². The van der Waals surface area contributed by atoms with Gasteiger partial charge in [0.05, 0.1) is 6.61 Å². The number of fused-ring (bicyclic) bond motifs is 1. The highest BCUT2D eigenvalue weighted by Gasteiger charge is 2.00. The van der Waals surface area contributed by atoms with E-state index < -0.39 is 0 Å². The first-order chi connectivity index (χ1) is 6.42. The summed E-state index contributed by atoms with van der Waals surface area (Å²) in [5.74, 6) is 4.99. The maximum absolute atomic E-state index is 4.99. The van der Waals surface area contributed by atoms with Gasteiger partial charge in [-0.2, -0.15) is 0 Å². The highest BCUT2D eigenvalue weighted by Crippen LogP contribution is 2.17. The maximum atomic E-state index is 4.99. The topological polar surface area (TPSA) is 51.0 Å². The molecule has 3 heteroatoms. The number of aromatic nitrogens is 1. The molecule has 13 heavy (non-hydrogen) atoms. The van der Waals surface area contributed by atoms with Crippen LogP contribution in [0.25, 0.3) is 10.9 Å². The van der Waals surface area contributed by atoms with Crippen LogP contribution in [-0.2, 0) is 11.3 Å². The van der Waals surface area contributed by atoms with Crippen molar-refractivity contribution in [2.45, 2.75) is 6.42 Å². The van der Waals surface area contributed by atoms with Gasteiger partial charge in [-0.05, 0) is 24.1 Å². The third-order valence-corrected chi connectivity index (χ3v) is 2.17. The number of hydrogen-bond donors (Lipinski definition) is 2. The van der Waals surface area contributed by atoms with E-state index in [0.717, 1.165) is 11.9 Å². The zero-order chi connectivity index (χ0) is 9.10. The van der Waals surface area contributed by atoms with Gasteiger partial charge in [0.1, 0.15) is 0 Å². The van der Waals surface area contributed by atoms with E-state index in [9.17, 15) is 0 Å². The molecule has 0 aliphatic rings. The Balaban J connectivity index is 2.37. The van der Waals surface area contributed by atoms with E-state index in [1.165, 1.54) is 10.9 Å². The van der Waals surface area contributed by atoms with E-state index in [1.807, 2.05) is 12.3 Å². The first-order valence-electron chi connectivity index (χ1n) is 4.28. The Kier molecular flexibility index (Phi) is 2.29. The summed E-state index contributed by atoms with van der Waals surface area (Å²) >= 11 is 0. The van der Waals surface area contributed by atoms with Crippen molar-refractivity contribution < 1.29 is 4.84 Å². The van der Waals surface area contributed by atoms with Crippen LogP contribution in [0.5, 0.6) is 0 Å². The summed E-state index contributed by atoms with van der Waals surface area (Å²) in [6.07, 6.45) is 2.79. The summed E-state index contributed by atoms with van der Waals surface area (Å²) in [7, 11) is 0. The Hall–Kier alpha value is -1.32. The third-order valence-electron chi connectivity index (χ3n) is 2.17. The van der Waals surface area contributed by atoms with Crippen molar-refractivity contribution in [1.82, 2.24) is 4.98 Å². The minimum atomic E-state index is 0.560. The molecule has 1 heterocycles. The smallest absolute Gasteiger partial charge is 0.0719 e. The van der Waals surface area contributed by atoms with Crippen molar-refractivity contribution in [3.63, 3.8) is 0 Å². The molecule has 2 aromatic rings. The first kappa shape index (κ1) is 8.29. The largest absolute Gasteiger partial charge is 0.361 e. The molecule has 3 N–H and O–H groups in total. The fourth-order valence-corrected chi connectivity index (χ4v) is 1.54. The van der Waals surface area contributed by atoms with Crippen molar-refractivity contribution in [2.24, 2.45) is 5.90 Å². The van der Waals surface area contributed by atoms with Crippen LogP contribution in [0.15, 0.2) is 30.5 Å². The highest BCUT2D eigenvalue weighted by atomic mass is 16.6. The summed E-state index contributed by atoms with van der Waals surface area (Å²) in [5, 5.41) is 1.25. The molecule has 68 valence electrons. The molecule has 2 rings (SSSR count). The number of nitrogens with one attached hydrogen (secondary N) is 1. The number of aromatic amines is 1. The van der Waals surface area contributed by atoms with Crippen molar-refractivity contribution in [3.8, 4) is 0 Å². The number of rotatable bonds is 3. The Morgan fingerprint density at radius 3 is 3.08 bits per heavy atom. The molecule has 0 unspecified atom stereocenters. The second kappa shape index (κ2) is 3.60. The summed E-state index contributed by atoms with van der Waals surface area (Å²) in [6.45, 7) is 0.560. The molecule has 1 aromatic heterocycles. The van der Waals surface area contributed by atoms with E-state index in [4.69, 9.17) is 5.90 Å². The molecule has 0 spiro atoms. The lowest BCUT2D eigenvalue weighted by Crippen LogP contribution is -2.03. The predicted molar refractivity (Wildman–Crippen MR) is 52.1 cm³/mol. The zero-order valence-electron chi connectivity index (χ0n) is 7.29. The van der Waals surface area contributed by atoms with E-state index >= 15 is 0 Å². The lowest BCUT2D eigenvalue weighted by atomic mass is 10.1. The van der Waals surface area contributed by atoms with Gasteiger partial charge in [-0.1, -0.05) is 12.1 Å². The zero-order valence-corrected chi connectivity index (χ0v) is 7.29. The summed E-state index contributed by atoms with van der Waals surface area (Å²) in [4.78, 5) is 7.73. The summed E-state index contributed by atoms with van der Waals surface area (Å²) < 4.78 is 0. The van der Waals surface area contributed by atoms with Crippen LogP contribution in [0.1, 0.15) is 5.56 Å². The van der Waals surface area contributed by atoms with E-state index in [0.29, 0.717) is 6.61 Å². The highest BCUT2D eigenvalue weighted by molar-refractivity contribution is 5.82. The number of benzene rings is 1. The van der Waals surface area contributed by atoms with Gasteiger partial charge in [0, 0.05) is 17.1 Å². The standard InChI is InChI=1S/C10H12N2O/c11-13-7-5-8-2-1-3-10-9(8)4-6-12-10/h1-4,6,12H,5,7,11H2. The van der Waals surface area contributed by atoms with Crippen molar-refractivity contribution in [1.29, 1.82) is 0 Å². The molecule has 0 saturated heterocycles.